The first kappa shape index (κ1) is 12.2. The standard InChI is InChI=1S/C14H22ClN/c1-11-4-5-12(6-7-13(11)15)14(2)8-9-16(3)10-14/h5-7,11,13H,4,8-10H2,1-3H3/t11?,13?,14-/m0/s1. The van der Waals surface area contributed by atoms with Gasteiger partial charge in [-0.05, 0) is 37.9 Å². The molecular formula is C14H22ClN. The third kappa shape index (κ3) is 2.36. The van der Waals surface area contributed by atoms with Crippen molar-refractivity contribution in [2.45, 2.75) is 32.1 Å². The lowest BCUT2D eigenvalue weighted by molar-refractivity contribution is 0.357. The molecule has 0 spiro atoms. The zero-order valence-corrected chi connectivity index (χ0v) is 11.3. The Bertz CT molecular complexity index is 321. The molecule has 2 unspecified atom stereocenters. The minimum Gasteiger partial charge on any atom is -0.305 e. The number of allylic oxidation sites excluding steroid dienone is 3. The van der Waals surface area contributed by atoms with Crippen LogP contribution in [-0.4, -0.2) is 30.4 Å². The lowest BCUT2D eigenvalue weighted by Gasteiger charge is -2.25. The predicted octanol–water partition coefficient (Wildman–Crippen LogP) is 3.46. The van der Waals surface area contributed by atoms with Gasteiger partial charge >= 0.3 is 0 Å². The summed E-state index contributed by atoms with van der Waals surface area (Å²) < 4.78 is 0. The van der Waals surface area contributed by atoms with Gasteiger partial charge in [-0.15, -0.1) is 11.6 Å². The second-order valence-corrected chi connectivity index (χ2v) is 6.23. The van der Waals surface area contributed by atoms with E-state index in [-0.39, 0.29) is 5.38 Å². The maximum Gasteiger partial charge on any atom is 0.0547 e. The summed E-state index contributed by atoms with van der Waals surface area (Å²) in [5.41, 5.74) is 1.83. The number of rotatable bonds is 1. The van der Waals surface area contributed by atoms with Crippen LogP contribution < -0.4 is 0 Å². The van der Waals surface area contributed by atoms with Gasteiger partial charge in [-0.1, -0.05) is 32.1 Å². The lowest BCUT2D eigenvalue weighted by atomic mass is 9.80. The van der Waals surface area contributed by atoms with Gasteiger partial charge in [0.1, 0.15) is 0 Å². The topological polar surface area (TPSA) is 3.24 Å². The maximum atomic E-state index is 6.29. The molecule has 0 aromatic rings. The summed E-state index contributed by atoms with van der Waals surface area (Å²) in [5, 5.41) is 0.191. The molecule has 0 saturated carbocycles. The molecule has 1 aliphatic heterocycles. The minimum absolute atomic E-state index is 0.191. The van der Waals surface area contributed by atoms with Gasteiger partial charge in [-0.25, -0.2) is 0 Å². The van der Waals surface area contributed by atoms with Crippen LogP contribution in [0.4, 0.5) is 0 Å². The Hall–Kier alpha value is -0.270. The normalized spacial score (nSPS) is 40.9. The lowest BCUT2D eigenvalue weighted by Crippen LogP contribution is -2.23. The van der Waals surface area contributed by atoms with Crippen LogP contribution in [0.1, 0.15) is 26.7 Å². The van der Waals surface area contributed by atoms with Crippen LogP contribution in [0.2, 0.25) is 0 Å². The van der Waals surface area contributed by atoms with Gasteiger partial charge in [0.05, 0.1) is 5.38 Å². The fourth-order valence-corrected chi connectivity index (χ4v) is 2.95. The molecule has 1 aliphatic carbocycles. The van der Waals surface area contributed by atoms with Crippen LogP contribution in [0.25, 0.3) is 0 Å². The molecule has 2 rings (SSSR count). The number of alkyl halides is 1. The largest absolute Gasteiger partial charge is 0.305 e. The fraction of sp³-hybridized carbons (Fsp3) is 0.714. The molecule has 2 heteroatoms. The van der Waals surface area contributed by atoms with Crippen molar-refractivity contribution in [2.75, 3.05) is 20.1 Å². The number of halogens is 1. The molecule has 1 nitrogen and oxygen atoms in total. The van der Waals surface area contributed by atoms with Gasteiger partial charge in [-0.2, -0.15) is 0 Å². The Labute approximate surface area is 104 Å². The quantitative estimate of drug-likeness (QED) is 0.634. The number of nitrogens with zero attached hydrogens (tertiary/aromatic N) is 1. The number of hydrogen-bond donors (Lipinski definition) is 0. The van der Waals surface area contributed by atoms with E-state index < -0.39 is 0 Å². The van der Waals surface area contributed by atoms with Crippen molar-refractivity contribution in [1.82, 2.24) is 4.90 Å². The number of likely N-dealkylation sites (tertiary alicyclic amines) is 1. The van der Waals surface area contributed by atoms with Crippen LogP contribution in [0.3, 0.4) is 0 Å². The Morgan fingerprint density at radius 1 is 1.50 bits per heavy atom. The highest BCUT2D eigenvalue weighted by Crippen LogP contribution is 2.39. The van der Waals surface area contributed by atoms with E-state index in [9.17, 15) is 0 Å². The van der Waals surface area contributed by atoms with Gasteiger partial charge in [0.15, 0.2) is 0 Å². The zero-order valence-electron chi connectivity index (χ0n) is 10.5. The summed E-state index contributed by atoms with van der Waals surface area (Å²) in [4.78, 5) is 2.42. The first-order valence-corrected chi connectivity index (χ1v) is 6.66. The van der Waals surface area contributed by atoms with E-state index in [4.69, 9.17) is 11.6 Å². The molecular weight excluding hydrogens is 218 g/mol. The Kier molecular flexibility index (Phi) is 3.46. The van der Waals surface area contributed by atoms with Crippen molar-refractivity contribution in [2.24, 2.45) is 11.3 Å². The molecule has 0 aromatic heterocycles. The van der Waals surface area contributed by atoms with Crippen LogP contribution in [0.15, 0.2) is 23.8 Å². The van der Waals surface area contributed by atoms with E-state index in [1.54, 1.807) is 0 Å². The highest BCUT2D eigenvalue weighted by Gasteiger charge is 2.34. The molecule has 90 valence electrons. The van der Waals surface area contributed by atoms with Gasteiger partial charge in [0.25, 0.3) is 0 Å². The third-order valence-electron chi connectivity index (χ3n) is 4.07. The van der Waals surface area contributed by atoms with Crippen molar-refractivity contribution < 1.29 is 0 Å². The molecule has 0 N–H and O–H groups in total. The fourth-order valence-electron chi connectivity index (χ4n) is 2.77. The van der Waals surface area contributed by atoms with E-state index >= 15 is 0 Å². The Morgan fingerprint density at radius 2 is 2.25 bits per heavy atom. The first-order chi connectivity index (χ1) is 7.51. The van der Waals surface area contributed by atoms with Crippen molar-refractivity contribution in [3.63, 3.8) is 0 Å². The second-order valence-electron chi connectivity index (χ2n) is 5.72. The monoisotopic (exact) mass is 239 g/mol. The molecule has 1 fully saturated rings. The number of hydrogen-bond acceptors (Lipinski definition) is 1. The minimum atomic E-state index is 0.191. The van der Waals surface area contributed by atoms with Crippen molar-refractivity contribution in [3.05, 3.63) is 23.8 Å². The molecule has 0 bridgehead atoms. The highest BCUT2D eigenvalue weighted by molar-refractivity contribution is 6.22. The molecule has 1 heterocycles. The van der Waals surface area contributed by atoms with E-state index in [0.29, 0.717) is 11.3 Å². The summed E-state index contributed by atoms with van der Waals surface area (Å²) in [6.45, 7) is 6.99. The van der Waals surface area contributed by atoms with Crippen LogP contribution >= 0.6 is 11.6 Å². The van der Waals surface area contributed by atoms with Gasteiger partial charge < -0.3 is 4.90 Å². The van der Waals surface area contributed by atoms with Crippen LogP contribution in [0, 0.1) is 11.3 Å². The molecule has 2 aliphatic rings. The van der Waals surface area contributed by atoms with Crippen LogP contribution in [0.5, 0.6) is 0 Å². The van der Waals surface area contributed by atoms with Gasteiger partial charge in [0.2, 0.25) is 0 Å². The van der Waals surface area contributed by atoms with Crippen molar-refractivity contribution in [1.29, 1.82) is 0 Å². The van der Waals surface area contributed by atoms with Crippen molar-refractivity contribution in [3.8, 4) is 0 Å². The average Bonchev–Trinajstić information content (AvgIpc) is 2.48. The predicted molar refractivity (Wildman–Crippen MR) is 70.9 cm³/mol. The average molecular weight is 240 g/mol. The van der Waals surface area contributed by atoms with E-state index in [0.717, 1.165) is 6.42 Å². The molecule has 0 amide bonds. The molecule has 3 atom stereocenters. The molecule has 16 heavy (non-hydrogen) atoms. The second kappa shape index (κ2) is 4.54. The summed E-state index contributed by atoms with van der Waals surface area (Å²) >= 11 is 6.29. The summed E-state index contributed by atoms with van der Waals surface area (Å²) in [5.74, 6) is 0.554. The van der Waals surface area contributed by atoms with Crippen LogP contribution in [-0.2, 0) is 0 Å². The Balaban J connectivity index is 2.18. The zero-order chi connectivity index (χ0) is 11.8. The SMILES string of the molecule is CC1CC=C([C@@]2(C)CCN(C)C2)C=CC1Cl. The third-order valence-corrected chi connectivity index (χ3v) is 4.65. The smallest absolute Gasteiger partial charge is 0.0547 e. The summed E-state index contributed by atoms with van der Waals surface area (Å²) in [6.07, 6.45) is 9.22. The molecule has 1 saturated heterocycles. The molecule has 0 radical (unpaired) electrons. The maximum absolute atomic E-state index is 6.29. The van der Waals surface area contributed by atoms with Crippen molar-refractivity contribution >= 4 is 11.6 Å². The van der Waals surface area contributed by atoms with Gasteiger partial charge in [-0.3, -0.25) is 0 Å². The van der Waals surface area contributed by atoms with Gasteiger partial charge in [0, 0.05) is 12.0 Å². The highest BCUT2D eigenvalue weighted by atomic mass is 35.5. The van der Waals surface area contributed by atoms with E-state index in [1.165, 1.54) is 25.1 Å². The summed E-state index contributed by atoms with van der Waals surface area (Å²) in [7, 11) is 2.21. The van der Waals surface area contributed by atoms with E-state index in [2.05, 4.69) is 44.0 Å². The molecule has 0 aromatic carbocycles. The Morgan fingerprint density at radius 3 is 2.88 bits per heavy atom. The first-order valence-electron chi connectivity index (χ1n) is 6.23. The summed E-state index contributed by atoms with van der Waals surface area (Å²) in [6, 6.07) is 0. The van der Waals surface area contributed by atoms with E-state index in [1.807, 2.05) is 0 Å².